The first-order valence-electron chi connectivity index (χ1n) is 6.25. The Kier molecular flexibility index (Phi) is 6.77. The second-order valence-corrected chi connectivity index (χ2v) is 6.76. The van der Waals surface area contributed by atoms with Crippen LogP contribution in [0.15, 0.2) is 0 Å². The normalized spacial score (nSPS) is 22.8. The van der Waals surface area contributed by atoms with Crippen LogP contribution in [-0.4, -0.2) is 50.2 Å². The van der Waals surface area contributed by atoms with Gasteiger partial charge in [0.15, 0.2) is 0 Å². The summed E-state index contributed by atoms with van der Waals surface area (Å²) in [6, 6.07) is 0. The lowest BCUT2D eigenvalue weighted by Crippen LogP contribution is -2.44. The summed E-state index contributed by atoms with van der Waals surface area (Å²) in [7, 11) is -3.11. The summed E-state index contributed by atoms with van der Waals surface area (Å²) in [4.78, 5) is 0. The number of rotatable bonds is 7. The molecule has 1 heterocycles. The highest BCUT2D eigenvalue weighted by atomic mass is 35.5. The van der Waals surface area contributed by atoms with E-state index in [0.717, 1.165) is 19.3 Å². The highest BCUT2D eigenvalue weighted by Crippen LogP contribution is 2.17. The van der Waals surface area contributed by atoms with Gasteiger partial charge in [0, 0.05) is 25.6 Å². The molecule has 1 fully saturated rings. The van der Waals surface area contributed by atoms with E-state index >= 15 is 0 Å². The summed E-state index contributed by atoms with van der Waals surface area (Å²) < 4.78 is 31.2. The van der Waals surface area contributed by atoms with Gasteiger partial charge in [0.05, 0.1) is 11.9 Å². The molecule has 1 aliphatic rings. The predicted octanol–water partition coefficient (Wildman–Crippen LogP) is 1.84. The lowest BCUT2D eigenvalue weighted by atomic mass is 10.1. The second-order valence-electron chi connectivity index (χ2n) is 4.29. The van der Waals surface area contributed by atoms with Gasteiger partial charge in [-0.3, -0.25) is 0 Å². The van der Waals surface area contributed by atoms with Crippen LogP contribution in [0.4, 0.5) is 0 Å². The Morgan fingerprint density at radius 1 is 1.41 bits per heavy atom. The van der Waals surface area contributed by atoms with Crippen LogP contribution < -0.4 is 0 Å². The van der Waals surface area contributed by atoms with Crippen molar-refractivity contribution in [2.45, 2.75) is 38.7 Å². The van der Waals surface area contributed by atoms with Gasteiger partial charge < -0.3 is 4.74 Å². The van der Waals surface area contributed by atoms with E-state index in [9.17, 15) is 8.42 Å². The van der Waals surface area contributed by atoms with Crippen LogP contribution in [0.25, 0.3) is 0 Å². The van der Waals surface area contributed by atoms with Crippen molar-refractivity contribution in [1.82, 2.24) is 4.31 Å². The first-order valence-corrected chi connectivity index (χ1v) is 8.40. The highest BCUT2D eigenvalue weighted by molar-refractivity contribution is 7.89. The summed E-state index contributed by atoms with van der Waals surface area (Å²) in [6.07, 6.45) is 3.31. The van der Waals surface area contributed by atoms with Crippen LogP contribution in [0, 0.1) is 0 Å². The van der Waals surface area contributed by atoms with Crippen LogP contribution in [0.5, 0.6) is 0 Å². The summed E-state index contributed by atoms with van der Waals surface area (Å²) in [6.45, 7) is 3.72. The molecule has 0 aromatic rings. The number of sulfonamides is 1. The minimum absolute atomic E-state index is 0.0663. The number of hydrogen-bond acceptors (Lipinski definition) is 3. The van der Waals surface area contributed by atoms with E-state index in [1.807, 2.05) is 6.92 Å². The second kappa shape index (κ2) is 7.56. The molecule has 1 rings (SSSR count). The van der Waals surface area contributed by atoms with E-state index in [4.69, 9.17) is 16.3 Å². The van der Waals surface area contributed by atoms with E-state index in [2.05, 4.69) is 0 Å². The third-order valence-electron chi connectivity index (χ3n) is 2.92. The average molecular weight is 284 g/mol. The Balaban J connectivity index is 2.46. The molecule has 102 valence electrons. The van der Waals surface area contributed by atoms with E-state index in [0.29, 0.717) is 32.0 Å². The molecule has 17 heavy (non-hydrogen) atoms. The van der Waals surface area contributed by atoms with Crippen LogP contribution in [0.3, 0.4) is 0 Å². The van der Waals surface area contributed by atoms with E-state index in [1.165, 1.54) is 0 Å². The Morgan fingerprint density at radius 2 is 2.18 bits per heavy atom. The Hall–Kier alpha value is 0.160. The summed E-state index contributed by atoms with van der Waals surface area (Å²) >= 11 is 5.55. The third-order valence-corrected chi connectivity index (χ3v) is 5.11. The number of alkyl halides is 1. The van der Waals surface area contributed by atoms with Gasteiger partial charge in [-0.15, -0.1) is 11.6 Å². The lowest BCUT2D eigenvalue weighted by molar-refractivity contribution is 0.0265. The molecule has 1 aliphatic heterocycles. The van der Waals surface area contributed by atoms with Gasteiger partial charge >= 0.3 is 0 Å². The molecule has 0 radical (unpaired) electrons. The predicted molar refractivity (Wildman–Crippen MR) is 70.0 cm³/mol. The minimum Gasteiger partial charge on any atom is -0.377 e. The maximum absolute atomic E-state index is 12.0. The number of nitrogens with zero attached hydrogens (tertiary/aromatic N) is 1. The number of ether oxygens (including phenoxy) is 1. The molecular weight excluding hydrogens is 262 g/mol. The van der Waals surface area contributed by atoms with E-state index in [-0.39, 0.29) is 11.9 Å². The van der Waals surface area contributed by atoms with Crippen molar-refractivity contribution in [3.8, 4) is 0 Å². The average Bonchev–Trinajstić information content (AvgIpc) is 2.30. The molecule has 0 bridgehead atoms. The highest BCUT2D eigenvalue weighted by Gasteiger charge is 2.28. The van der Waals surface area contributed by atoms with Gasteiger partial charge in [-0.05, 0) is 32.6 Å². The molecule has 0 saturated carbocycles. The summed E-state index contributed by atoms with van der Waals surface area (Å²) in [5, 5.41) is 0. The summed E-state index contributed by atoms with van der Waals surface area (Å²) in [5.74, 6) is 0.732. The van der Waals surface area contributed by atoms with Gasteiger partial charge in [0.25, 0.3) is 0 Å². The standard InChI is InChI=1S/C11H22ClNO3S/c1-2-16-11-6-5-8-13(10-11)17(14,15)9-4-3-7-12/h11H,2-10H2,1H3. The van der Waals surface area contributed by atoms with Crippen LogP contribution >= 0.6 is 11.6 Å². The molecule has 1 atom stereocenters. The zero-order chi connectivity index (χ0) is 12.7. The first-order chi connectivity index (χ1) is 8.10. The molecule has 6 heteroatoms. The van der Waals surface area contributed by atoms with Gasteiger partial charge in [-0.1, -0.05) is 0 Å². The number of unbranched alkanes of at least 4 members (excludes halogenated alkanes) is 1. The maximum atomic E-state index is 12.0. The fraction of sp³-hybridized carbons (Fsp3) is 1.00. The van der Waals surface area contributed by atoms with Gasteiger partial charge in [0.2, 0.25) is 10.0 Å². The molecule has 0 aromatic heterocycles. The fourth-order valence-corrected chi connectivity index (χ4v) is 3.85. The topological polar surface area (TPSA) is 46.6 Å². The third kappa shape index (κ3) is 5.12. The number of halogens is 1. The van der Waals surface area contributed by atoms with Crippen LogP contribution in [0.1, 0.15) is 32.6 Å². The zero-order valence-corrected chi connectivity index (χ0v) is 12.0. The zero-order valence-electron chi connectivity index (χ0n) is 10.4. The van der Waals surface area contributed by atoms with Crippen molar-refractivity contribution >= 4 is 21.6 Å². The molecular formula is C11H22ClNO3S. The van der Waals surface area contributed by atoms with Crippen molar-refractivity contribution < 1.29 is 13.2 Å². The van der Waals surface area contributed by atoms with E-state index in [1.54, 1.807) is 4.31 Å². The molecule has 0 amide bonds. The molecule has 1 saturated heterocycles. The monoisotopic (exact) mass is 283 g/mol. The van der Waals surface area contributed by atoms with Crippen LogP contribution in [0.2, 0.25) is 0 Å². The van der Waals surface area contributed by atoms with Crippen molar-refractivity contribution in [3.63, 3.8) is 0 Å². The molecule has 0 aromatic carbocycles. The lowest BCUT2D eigenvalue weighted by Gasteiger charge is -2.31. The first kappa shape index (κ1) is 15.2. The van der Waals surface area contributed by atoms with Crippen molar-refractivity contribution in [2.75, 3.05) is 31.3 Å². The SMILES string of the molecule is CCOC1CCCN(S(=O)(=O)CCCCCl)C1. The largest absolute Gasteiger partial charge is 0.377 e. The van der Waals surface area contributed by atoms with Crippen molar-refractivity contribution in [1.29, 1.82) is 0 Å². The minimum atomic E-state index is -3.11. The Labute approximate surface area is 109 Å². The Morgan fingerprint density at radius 3 is 2.82 bits per heavy atom. The van der Waals surface area contributed by atoms with Crippen LogP contribution in [-0.2, 0) is 14.8 Å². The number of piperidine rings is 1. The van der Waals surface area contributed by atoms with Crippen molar-refractivity contribution in [3.05, 3.63) is 0 Å². The van der Waals surface area contributed by atoms with Gasteiger partial charge in [-0.25, -0.2) is 8.42 Å². The molecule has 0 spiro atoms. The smallest absolute Gasteiger partial charge is 0.214 e. The Bertz CT molecular complexity index is 306. The van der Waals surface area contributed by atoms with Crippen molar-refractivity contribution in [2.24, 2.45) is 0 Å². The fourth-order valence-electron chi connectivity index (χ4n) is 2.04. The quantitative estimate of drug-likeness (QED) is 0.529. The molecule has 4 nitrogen and oxygen atoms in total. The molecule has 1 unspecified atom stereocenters. The molecule has 0 N–H and O–H groups in total. The van der Waals surface area contributed by atoms with Gasteiger partial charge in [-0.2, -0.15) is 4.31 Å². The molecule has 0 aliphatic carbocycles. The maximum Gasteiger partial charge on any atom is 0.214 e. The summed E-state index contributed by atoms with van der Waals surface area (Å²) in [5.41, 5.74) is 0. The van der Waals surface area contributed by atoms with E-state index < -0.39 is 10.0 Å². The number of hydrogen-bond donors (Lipinski definition) is 0. The van der Waals surface area contributed by atoms with Gasteiger partial charge in [0.1, 0.15) is 0 Å².